The summed E-state index contributed by atoms with van der Waals surface area (Å²) in [5.41, 5.74) is 0.888. The summed E-state index contributed by atoms with van der Waals surface area (Å²) in [5, 5.41) is 12.9. The molecule has 4 nitrogen and oxygen atoms in total. The molecule has 0 fully saturated rings. The van der Waals surface area contributed by atoms with E-state index in [9.17, 15) is 5.11 Å². The van der Waals surface area contributed by atoms with E-state index in [1.165, 1.54) is 0 Å². The standard InChI is InChI=1S/C12H13N3O/c16-11(10-4-2-1-3-5-10)8-15-12-9-13-6-7-14-12/h1-7,9,11,16H,8H2,(H,14,15). The lowest BCUT2D eigenvalue weighted by Gasteiger charge is -2.11. The van der Waals surface area contributed by atoms with Crippen molar-refractivity contribution < 1.29 is 5.11 Å². The van der Waals surface area contributed by atoms with Gasteiger partial charge in [-0.15, -0.1) is 0 Å². The Balaban J connectivity index is 1.92. The molecule has 4 heteroatoms. The molecule has 1 aromatic heterocycles. The van der Waals surface area contributed by atoms with Crippen LogP contribution >= 0.6 is 0 Å². The number of nitrogens with one attached hydrogen (secondary N) is 1. The van der Waals surface area contributed by atoms with Crippen LogP contribution < -0.4 is 5.32 Å². The molecule has 0 bridgehead atoms. The van der Waals surface area contributed by atoms with Crippen molar-refractivity contribution in [2.75, 3.05) is 11.9 Å². The van der Waals surface area contributed by atoms with Crippen molar-refractivity contribution in [3.05, 3.63) is 54.5 Å². The first-order chi connectivity index (χ1) is 7.86. The zero-order valence-corrected chi connectivity index (χ0v) is 8.74. The smallest absolute Gasteiger partial charge is 0.144 e. The zero-order chi connectivity index (χ0) is 11.2. The van der Waals surface area contributed by atoms with E-state index < -0.39 is 6.10 Å². The van der Waals surface area contributed by atoms with Crippen molar-refractivity contribution in [3.8, 4) is 0 Å². The fourth-order valence-corrected chi connectivity index (χ4v) is 1.38. The van der Waals surface area contributed by atoms with E-state index in [-0.39, 0.29) is 0 Å². The van der Waals surface area contributed by atoms with Crippen LogP contribution in [0.5, 0.6) is 0 Å². The van der Waals surface area contributed by atoms with Crippen molar-refractivity contribution in [1.82, 2.24) is 9.97 Å². The minimum Gasteiger partial charge on any atom is -0.387 e. The molecule has 0 radical (unpaired) electrons. The second-order valence-corrected chi connectivity index (χ2v) is 3.40. The molecule has 2 N–H and O–H groups in total. The van der Waals surface area contributed by atoms with Gasteiger partial charge in [-0.05, 0) is 5.56 Å². The minimum absolute atomic E-state index is 0.419. The molecular weight excluding hydrogens is 202 g/mol. The molecule has 0 spiro atoms. The van der Waals surface area contributed by atoms with Crippen molar-refractivity contribution in [3.63, 3.8) is 0 Å². The molecule has 1 unspecified atom stereocenters. The Hall–Kier alpha value is -1.94. The van der Waals surface area contributed by atoms with Crippen LogP contribution in [0.2, 0.25) is 0 Å². The van der Waals surface area contributed by atoms with Gasteiger partial charge in [-0.25, -0.2) is 4.98 Å². The molecule has 1 heterocycles. The molecule has 0 saturated carbocycles. The molecule has 0 aliphatic rings. The number of hydrogen-bond acceptors (Lipinski definition) is 4. The Kier molecular flexibility index (Phi) is 3.46. The SMILES string of the molecule is OC(CNc1cnccn1)c1ccccc1. The Morgan fingerprint density at radius 3 is 2.69 bits per heavy atom. The average molecular weight is 215 g/mol. The minimum atomic E-state index is -0.539. The van der Waals surface area contributed by atoms with Crippen LogP contribution in [0.4, 0.5) is 5.82 Å². The quantitative estimate of drug-likeness (QED) is 0.813. The molecule has 2 aromatic rings. The van der Waals surface area contributed by atoms with Gasteiger partial charge in [-0.3, -0.25) is 4.98 Å². The molecule has 0 amide bonds. The Morgan fingerprint density at radius 2 is 2.00 bits per heavy atom. The molecule has 2 rings (SSSR count). The third-order valence-corrected chi connectivity index (χ3v) is 2.22. The van der Waals surface area contributed by atoms with Crippen LogP contribution in [-0.2, 0) is 0 Å². The molecule has 0 aliphatic carbocycles. The predicted molar refractivity (Wildman–Crippen MR) is 61.9 cm³/mol. The molecule has 16 heavy (non-hydrogen) atoms. The van der Waals surface area contributed by atoms with Gasteiger partial charge >= 0.3 is 0 Å². The van der Waals surface area contributed by atoms with E-state index >= 15 is 0 Å². The van der Waals surface area contributed by atoms with Crippen LogP contribution in [0.1, 0.15) is 11.7 Å². The molecule has 0 saturated heterocycles. The van der Waals surface area contributed by atoms with Crippen LogP contribution in [0.15, 0.2) is 48.9 Å². The summed E-state index contributed by atoms with van der Waals surface area (Å²) in [5.74, 6) is 0.664. The third-order valence-electron chi connectivity index (χ3n) is 2.22. The topological polar surface area (TPSA) is 58.0 Å². The summed E-state index contributed by atoms with van der Waals surface area (Å²) in [6.45, 7) is 0.419. The van der Waals surface area contributed by atoms with Crippen molar-refractivity contribution in [2.24, 2.45) is 0 Å². The molecule has 0 aliphatic heterocycles. The van der Waals surface area contributed by atoms with Crippen molar-refractivity contribution in [2.45, 2.75) is 6.10 Å². The number of nitrogens with zero attached hydrogens (tertiary/aromatic N) is 2. The molecule has 1 atom stereocenters. The molecule has 1 aromatic carbocycles. The Labute approximate surface area is 94.0 Å². The first kappa shape index (κ1) is 10.6. The summed E-state index contributed by atoms with van der Waals surface area (Å²) in [6, 6.07) is 9.51. The highest BCUT2D eigenvalue weighted by atomic mass is 16.3. The lowest BCUT2D eigenvalue weighted by Crippen LogP contribution is -2.12. The Bertz CT molecular complexity index is 419. The third kappa shape index (κ3) is 2.77. The number of hydrogen-bond donors (Lipinski definition) is 2. The number of benzene rings is 1. The van der Waals surface area contributed by atoms with E-state index in [0.717, 1.165) is 5.56 Å². The highest BCUT2D eigenvalue weighted by Crippen LogP contribution is 2.12. The van der Waals surface area contributed by atoms with E-state index in [4.69, 9.17) is 0 Å². The Morgan fingerprint density at radius 1 is 1.19 bits per heavy atom. The zero-order valence-electron chi connectivity index (χ0n) is 8.74. The maximum absolute atomic E-state index is 9.87. The second kappa shape index (κ2) is 5.23. The molecule has 82 valence electrons. The van der Waals surface area contributed by atoms with Crippen LogP contribution in [0, 0.1) is 0 Å². The van der Waals surface area contributed by atoms with Gasteiger partial charge in [0, 0.05) is 18.9 Å². The summed E-state index contributed by atoms with van der Waals surface area (Å²) in [4.78, 5) is 7.99. The summed E-state index contributed by atoms with van der Waals surface area (Å²) in [6.07, 6.45) is 4.30. The number of aliphatic hydroxyl groups excluding tert-OH is 1. The van der Waals surface area contributed by atoms with E-state index in [1.54, 1.807) is 18.6 Å². The maximum Gasteiger partial charge on any atom is 0.144 e. The monoisotopic (exact) mass is 215 g/mol. The second-order valence-electron chi connectivity index (χ2n) is 3.40. The number of aromatic nitrogens is 2. The summed E-state index contributed by atoms with van der Waals surface area (Å²) in [7, 11) is 0. The number of anilines is 1. The van der Waals surface area contributed by atoms with Crippen LogP contribution in [-0.4, -0.2) is 21.6 Å². The van der Waals surface area contributed by atoms with Crippen LogP contribution in [0.25, 0.3) is 0 Å². The highest BCUT2D eigenvalue weighted by Gasteiger charge is 2.06. The predicted octanol–water partition coefficient (Wildman–Crippen LogP) is 1.62. The van der Waals surface area contributed by atoms with Gasteiger partial charge in [0.2, 0.25) is 0 Å². The van der Waals surface area contributed by atoms with Gasteiger partial charge in [-0.2, -0.15) is 0 Å². The maximum atomic E-state index is 9.87. The van der Waals surface area contributed by atoms with Gasteiger partial charge < -0.3 is 10.4 Å². The highest BCUT2D eigenvalue weighted by molar-refractivity contribution is 5.31. The summed E-state index contributed by atoms with van der Waals surface area (Å²) >= 11 is 0. The first-order valence-electron chi connectivity index (χ1n) is 5.09. The van der Waals surface area contributed by atoms with Gasteiger partial charge in [-0.1, -0.05) is 30.3 Å². The van der Waals surface area contributed by atoms with Gasteiger partial charge in [0.15, 0.2) is 0 Å². The van der Waals surface area contributed by atoms with Gasteiger partial charge in [0.25, 0.3) is 0 Å². The number of rotatable bonds is 4. The van der Waals surface area contributed by atoms with E-state index in [2.05, 4.69) is 15.3 Å². The van der Waals surface area contributed by atoms with E-state index in [1.807, 2.05) is 30.3 Å². The molecular formula is C12H13N3O. The van der Waals surface area contributed by atoms with Gasteiger partial charge in [0.1, 0.15) is 5.82 Å². The fraction of sp³-hybridized carbons (Fsp3) is 0.167. The van der Waals surface area contributed by atoms with E-state index in [0.29, 0.717) is 12.4 Å². The normalized spacial score (nSPS) is 12.1. The lowest BCUT2D eigenvalue weighted by atomic mass is 10.1. The summed E-state index contributed by atoms with van der Waals surface area (Å²) < 4.78 is 0. The first-order valence-corrected chi connectivity index (χ1v) is 5.09. The average Bonchev–Trinajstić information content (AvgIpc) is 2.38. The number of aliphatic hydroxyl groups is 1. The fourth-order valence-electron chi connectivity index (χ4n) is 1.38. The van der Waals surface area contributed by atoms with Crippen LogP contribution in [0.3, 0.4) is 0 Å². The van der Waals surface area contributed by atoms with Gasteiger partial charge in [0.05, 0.1) is 12.3 Å². The van der Waals surface area contributed by atoms with Crippen molar-refractivity contribution >= 4 is 5.82 Å². The lowest BCUT2D eigenvalue weighted by molar-refractivity contribution is 0.191. The van der Waals surface area contributed by atoms with Crippen molar-refractivity contribution in [1.29, 1.82) is 0 Å². The largest absolute Gasteiger partial charge is 0.387 e.